The van der Waals surface area contributed by atoms with Gasteiger partial charge in [0.1, 0.15) is 35.3 Å². The molecular formula is C26H28F2N4O. The first-order chi connectivity index (χ1) is 16.0. The van der Waals surface area contributed by atoms with Gasteiger partial charge in [-0.25, -0.2) is 18.7 Å². The number of nitrogens with zero attached hydrogens (tertiary/aromatic N) is 3. The lowest BCUT2D eigenvalue weighted by molar-refractivity contribution is 0.312. The van der Waals surface area contributed by atoms with Crippen molar-refractivity contribution in [1.82, 2.24) is 9.97 Å². The zero-order valence-electron chi connectivity index (χ0n) is 18.9. The van der Waals surface area contributed by atoms with E-state index < -0.39 is 11.6 Å². The topological polar surface area (TPSA) is 73.4 Å². The summed E-state index contributed by atoms with van der Waals surface area (Å²) >= 11 is 0. The smallest absolute Gasteiger partial charge is 0.136 e. The normalized spacial score (nSPS) is 15.9. The fourth-order valence-electron chi connectivity index (χ4n) is 4.64. The second-order valence-electron chi connectivity index (χ2n) is 8.48. The molecule has 0 aliphatic heterocycles. The lowest BCUT2D eigenvalue weighted by Crippen LogP contribution is -2.21. The van der Waals surface area contributed by atoms with Crippen molar-refractivity contribution in [3.8, 4) is 11.5 Å². The van der Waals surface area contributed by atoms with Gasteiger partial charge in [0.05, 0.1) is 17.0 Å². The highest BCUT2D eigenvalue weighted by atomic mass is 19.1. The molecule has 2 aromatic carbocycles. The summed E-state index contributed by atoms with van der Waals surface area (Å²) in [6, 6.07) is 10.2. The second kappa shape index (κ2) is 10.1. The Labute approximate surface area is 192 Å². The van der Waals surface area contributed by atoms with Gasteiger partial charge in [0.15, 0.2) is 0 Å². The highest BCUT2D eigenvalue weighted by Gasteiger charge is 2.28. The van der Waals surface area contributed by atoms with Crippen LogP contribution in [0.15, 0.2) is 53.8 Å². The standard InChI is InChI=1S/C26H28F2N4O/c1-16(17-7-4-3-5-8-17)24-23(26(29)32-15-31-24)25(30-2)21-12-11-20(14-22(21)28)33-19-10-6-9-18(27)13-19/h6,9-17H,3-5,7-8H2,1-2H3,(H2,29,31,32)/b30-25-. The van der Waals surface area contributed by atoms with Gasteiger partial charge in [-0.2, -0.15) is 0 Å². The Morgan fingerprint density at radius 2 is 1.82 bits per heavy atom. The molecule has 1 aliphatic rings. The molecule has 0 saturated heterocycles. The van der Waals surface area contributed by atoms with Gasteiger partial charge in [0.25, 0.3) is 0 Å². The zero-order chi connectivity index (χ0) is 23.4. The van der Waals surface area contributed by atoms with Crippen LogP contribution in [0.4, 0.5) is 14.6 Å². The summed E-state index contributed by atoms with van der Waals surface area (Å²) in [4.78, 5) is 13.1. The Morgan fingerprint density at radius 1 is 1.06 bits per heavy atom. The van der Waals surface area contributed by atoms with Crippen LogP contribution in [0.5, 0.6) is 11.5 Å². The Kier molecular flexibility index (Phi) is 6.96. The first-order valence-electron chi connectivity index (χ1n) is 11.3. The fraction of sp³-hybridized carbons (Fsp3) is 0.346. The first kappa shape index (κ1) is 22.8. The summed E-state index contributed by atoms with van der Waals surface area (Å²) in [7, 11) is 1.60. The van der Waals surface area contributed by atoms with Crippen molar-refractivity contribution in [2.45, 2.75) is 44.9 Å². The minimum atomic E-state index is -0.524. The Hall–Kier alpha value is -3.35. The van der Waals surface area contributed by atoms with Crippen LogP contribution in [0, 0.1) is 17.6 Å². The molecule has 0 bridgehead atoms. The number of rotatable bonds is 6. The van der Waals surface area contributed by atoms with E-state index in [2.05, 4.69) is 21.9 Å². The second-order valence-corrected chi connectivity index (χ2v) is 8.48. The number of nitrogens with two attached hydrogens (primary N) is 1. The third kappa shape index (κ3) is 5.02. The van der Waals surface area contributed by atoms with Gasteiger partial charge in [0, 0.05) is 30.7 Å². The Bertz CT molecular complexity index is 1160. The minimum absolute atomic E-state index is 0.154. The number of halogens is 2. The molecule has 33 heavy (non-hydrogen) atoms. The average molecular weight is 451 g/mol. The van der Waals surface area contributed by atoms with Gasteiger partial charge in [-0.15, -0.1) is 0 Å². The van der Waals surface area contributed by atoms with Crippen LogP contribution in [-0.4, -0.2) is 22.7 Å². The minimum Gasteiger partial charge on any atom is -0.457 e. The number of nitrogen functional groups attached to an aromatic ring is 1. The molecule has 1 aliphatic carbocycles. The lowest BCUT2D eigenvalue weighted by Gasteiger charge is -2.29. The van der Waals surface area contributed by atoms with E-state index >= 15 is 4.39 Å². The largest absolute Gasteiger partial charge is 0.457 e. The van der Waals surface area contributed by atoms with Crippen molar-refractivity contribution in [2.24, 2.45) is 10.9 Å². The van der Waals surface area contributed by atoms with Crippen molar-refractivity contribution < 1.29 is 13.5 Å². The van der Waals surface area contributed by atoms with Crippen molar-refractivity contribution in [3.05, 3.63) is 77.2 Å². The molecule has 1 heterocycles. The van der Waals surface area contributed by atoms with Crippen LogP contribution >= 0.6 is 0 Å². The van der Waals surface area contributed by atoms with Crippen molar-refractivity contribution >= 4 is 11.5 Å². The average Bonchev–Trinajstić information content (AvgIpc) is 2.82. The SMILES string of the molecule is C/N=C(/c1ccc(Oc2cccc(F)c2)cc1F)c1c(N)ncnc1C(C)C1CCCCC1. The van der Waals surface area contributed by atoms with Crippen LogP contribution < -0.4 is 10.5 Å². The third-order valence-electron chi connectivity index (χ3n) is 6.38. The van der Waals surface area contributed by atoms with Crippen LogP contribution in [0.3, 0.4) is 0 Å². The molecule has 3 aromatic rings. The predicted molar refractivity (Wildman–Crippen MR) is 126 cm³/mol. The summed E-state index contributed by atoms with van der Waals surface area (Å²) in [5.74, 6) is 0.523. The van der Waals surface area contributed by atoms with Gasteiger partial charge >= 0.3 is 0 Å². The number of aliphatic imine (C=N–C) groups is 1. The van der Waals surface area contributed by atoms with Crippen molar-refractivity contribution in [1.29, 1.82) is 0 Å². The van der Waals surface area contributed by atoms with Gasteiger partial charge in [-0.3, -0.25) is 4.99 Å². The summed E-state index contributed by atoms with van der Waals surface area (Å²) < 4.78 is 34.3. The number of anilines is 1. The van der Waals surface area contributed by atoms with Crippen LogP contribution in [0.25, 0.3) is 0 Å². The van der Waals surface area contributed by atoms with E-state index in [1.54, 1.807) is 25.2 Å². The van der Waals surface area contributed by atoms with Gasteiger partial charge in [0.2, 0.25) is 0 Å². The number of benzene rings is 2. The molecule has 0 amide bonds. The molecule has 1 aromatic heterocycles. The summed E-state index contributed by atoms with van der Waals surface area (Å²) in [5.41, 5.74) is 8.35. The maximum Gasteiger partial charge on any atom is 0.136 e. The molecular weight excluding hydrogens is 422 g/mol. The van der Waals surface area contributed by atoms with Gasteiger partial charge in [-0.05, 0) is 43.0 Å². The van der Waals surface area contributed by atoms with E-state index in [1.165, 1.54) is 49.9 Å². The summed E-state index contributed by atoms with van der Waals surface area (Å²) in [6.07, 6.45) is 7.43. The van der Waals surface area contributed by atoms with Gasteiger partial charge < -0.3 is 10.5 Å². The quantitative estimate of drug-likeness (QED) is 0.449. The molecule has 1 unspecified atom stereocenters. The molecule has 0 spiro atoms. The van der Waals surface area contributed by atoms with E-state index in [9.17, 15) is 4.39 Å². The third-order valence-corrected chi connectivity index (χ3v) is 6.38. The molecule has 1 fully saturated rings. The first-order valence-corrected chi connectivity index (χ1v) is 11.3. The number of hydrogen-bond donors (Lipinski definition) is 1. The molecule has 2 N–H and O–H groups in total. The van der Waals surface area contributed by atoms with E-state index in [4.69, 9.17) is 10.5 Å². The molecule has 5 nitrogen and oxygen atoms in total. The highest BCUT2D eigenvalue weighted by Crippen LogP contribution is 2.38. The fourth-order valence-corrected chi connectivity index (χ4v) is 4.64. The van der Waals surface area contributed by atoms with Crippen LogP contribution in [-0.2, 0) is 0 Å². The molecule has 4 rings (SSSR count). The van der Waals surface area contributed by atoms with Gasteiger partial charge in [-0.1, -0.05) is 32.3 Å². The lowest BCUT2D eigenvalue weighted by atomic mass is 9.78. The molecule has 1 atom stereocenters. The maximum atomic E-state index is 15.3. The molecule has 0 radical (unpaired) electrons. The number of ether oxygens (including phenoxy) is 1. The molecule has 1 saturated carbocycles. The van der Waals surface area contributed by atoms with Crippen molar-refractivity contribution in [2.75, 3.05) is 12.8 Å². The predicted octanol–water partition coefficient (Wildman–Crippen LogP) is 6.28. The number of hydrogen-bond acceptors (Lipinski definition) is 5. The number of aromatic nitrogens is 2. The van der Waals surface area contributed by atoms with E-state index in [0.717, 1.165) is 18.5 Å². The van der Waals surface area contributed by atoms with E-state index in [1.807, 2.05) is 0 Å². The maximum absolute atomic E-state index is 15.3. The van der Waals surface area contributed by atoms with Crippen molar-refractivity contribution in [3.63, 3.8) is 0 Å². The summed E-state index contributed by atoms with van der Waals surface area (Å²) in [6.45, 7) is 2.15. The zero-order valence-corrected chi connectivity index (χ0v) is 18.9. The Balaban J connectivity index is 1.68. The molecule has 7 heteroatoms. The van der Waals surface area contributed by atoms with E-state index in [-0.39, 0.29) is 28.8 Å². The molecule has 172 valence electrons. The highest BCUT2D eigenvalue weighted by molar-refractivity contribution is 6.16. The Morgan fingerprint density at radius 3 is 2.52 bits per heavy atom. The van der Waals surface area contributed by atoms with E-state index in [0.29, 0.717) is 17.2 Å². The summed E-state index contributed by atoms with van der Waals surface area (Å²) in [5, 5.41) is 0. The monoisotopic (exact) mass is 450 g/mol. The van der Waals surface area contributed by atoms with Crippen LogP contribution in [0.2, 0.25) is 0 Å². The van der Waals surface area contributed by atoms with Crippen LogP contribution in [0.1, 0.15) is 61.8 Å².